The lowest BCUT2D eigenvalue weighted by atomic mass is 10.1. The summed E-state index contributed by atoms with van der Waals surface area (Å²) in [6.07, 6.45) is 1.73. The van der Waals surface area contributed by atoms with Crippen LogP contribution in [0.1, 0.15) is 19.7 Å². The van der Waals surface area contributed by atoms with Crippen molar-refractivity contribution in [3.05, 3.63) is 40.8 Å². The third-order valence-corrected chi connectivity index (χ3v) is 5.43. The summed E-state index contributed by atoms with van der Waals surface area (Å²) < 4.78 is 8.34. The van der Waals surface area contributed by atoms with Gasteiger partial charge in [-0.1, -0.05) is 12.1 Å². The molecule has 0 aliphatic carbocycles. The lowest BCUT2D eigenvalue weighted by Gasteiger charge is -2.38. The Balaban J connectivity index is 1.47. The second-order valence-corrected chi connectivity index (χ2v) is 8.51. The highest BCUT2D eigenvalue weighted by atomic mass is 79.9. The number of H-pyrrole nitrogens is 1. The molecule has 5 rings (SSSR count). The summed E-state index contributed by atoms with van der Waals surface area (Å²) in [5.41, 5.74) is 2.42. The fraction of sp³-hybridized carbons (Fsp3) is 0.368. The van der Waals surface area contributed by atoms with E-state index in [1.165, 1.54) is 0 Å². The Hall–Kier alpha value is -2.72. The average molecular weight is 457 g/mol. The van der Waals surface area contributed by atoms with Gasteiger partial charge in [0.2, 0.25) is 11.9 Å². The highest BCUT2D eigenvalue weighted by Crippen LogP contribution is 2.25. The minimum absolute atomic E-state index is 0.243. The zero-order chi connectivity index (χ0) is 20.0. The number of morpholine rings is 1. The number of halogens is 1. The van der Waals surface area contributed by atoms with Gasteiger partial charge in [-0.15, -0.1) is 0 Å². The Morgan fingerprint density at radius 1 is 1.24 bits per heavy atom. The summed E-state index contributed by atoms with van der Waals surface area (Å²) in [5.74, 6) is 2.10. The minimum atomic E-state index is -0.243. The summed E-state index contributed by atoms with van der Waals surface area (Å²) in [7, 11) is 0. The van der Waals surface area contributed by atoms with Gasteiger partial charge in [-0.05, 0) is 41.9 Å². The second kappa shape index (κ2) is 6.96. The Morgan fingerprint density at radius 3 is 2.93 bits per heavy atom. The normalized spacial score (nSPS) is 16.6. The standard InChI is InChI=1S/C19H21BrN8O/c1-19(2)11-27(7-8-29-19)18-25-16-12(20)9-22-28(16)17(26-18)21-10-15-23-13-5-3-4-6-14(13)24-15/h3-6,9H,7-8,10-11H2,1-2H3,(H,23,24)(H,21,25,26). The van der Waals surface area contributed by atoms with Crippen LogP contribution in [0.15, 0.2) is 34.9 Å². The van der Waals surface area contributed by atoms with Crippen LogP contribution in [0.4, 0.5) is 11.9 Å². The van der Waals surface area contributed by atoms with Crippen molar-refractivity contribution in [1.29, 1.82) is 0 Å². The maximum Gasteiger partial charge on any atom is 0.230 e. The number of anilines is 2. The lowest BCUT2D eigenvalue weighted by Crippen LogP contribution is -2.49. The van der Waals surface area contributed by atoms with Crippen molar-refractivity contribution in [2.24, 2.45) is 0 Å². The maximum atomic E-state index is 5.83. The lowest BCUT2D eigenvalue weighted by molar-refractivity contribution is -0.0281. The quantitative estimate of drug-likeness (QED) is 0.487. The molecule has 0 bridgehead atoms. The number of para-hydroxylation sites is 2. The molecule has 1 saturated heterocycles. The van der Waals surface area contributed by atoms with E-state index in [-0.39, 0.29) is 5.60 Å². The molecule has 4 heterocycles. The van der Waals surface area contributed by atoms with E-state index < -0.39 is 0 Å². The Bertz CT molecular complexity index is 1150. The number of rotatable bonds is 4. The molecule has 29 heavy (non-hydrogen) atoms. The van der Waals surface area contributed by atoms with E-state index in [9.17, 15) is 0 Å². The van der Waals surface area contributed by atoms with Gasteiger partial charge in [0, 0.05) is 13.1 Å². The van der Waals surface area contributed by atoms with E-state index >= 15 is 0 Å². The summed E-state index contributed by atoms with van der Waals surface area (Å²) in [6.45, 7) is 6.75. The van der Waals surface area contributed by atoms with Crippen LogP contribution in [0.5, 0.6) is 0 Å². The molecule has 3 aromatic heterocycles. The first-order valence-electron chi connectivity index (χ1n) is 9.46. The van der Waals surface area contributed by atoms with Gasteiger partial charge in [0.05, 0.1) is 40.5 Å². The summed E-state index contributed by atoms with van der Waals surface area (Å²) in [6, 6.07) is 7.97. The Morgan fingerprint density at radius 2 is 2.10 bits per heavy atom. The average Bonchev–Trinajstić information content (AvgIpc) is 3.28. The predicted molar refractivity (Wildman–Crippen MR) is 114 cm³/mol. The van der Waals surface area contributed by atoms with Crippen LogP contribution in [-0.4, -0.2) is 54.8 Å². The summed E-state index contributed by atoms with van der Waals surface area (Å²) >= 11 is 3.54. The Labute approximate surface area is 175 Å². The van der Waals surface area contributed by atoms with Gasteiger partial charge in [-0.3, -0.25) is 0 Å². The molecular formula is C19H21BrN8O. The highest BCUT2D eigenvalue weighted by Gasteiger charge is 2.29. The van der Waals surface area contributed by atoms with Crippen molar-refractivity contribution in [2.45, 2.75) is 26.0 Å². The fourth-order valence-corrected chi connectivity index (χ4v) is 3.88. The van der Waals surface area contributed by atoms with Crippen molar-refractivity contribution in [2.75, 3.05) is 29.9 Å². The van der Waals surface area contributed by atoms with Crippen LogP contribution in [0.3, 0.4) is 0 Å². The van der Waals surface area contributed by atoms with Crippen LogP contribution >= 0.6 is 15.9 Å². The molecule has 0 spiro atoms. The molecule has 0 radical (unpaired) electrons. The molecule has 150 valence electrons. The molecule has 0 atom stereocenters. The monoisotopic (exact) mass is 456 g/mol. The van der Waals surface area contributed by atoms with Crippen molar-refractivity contribution in [1.82, 2.24) is 29.5 Å². The molecule has 10 heteroatoms. The van der Waals surface area contributed by atoms with E-state index in [0.717, 1.165) is 34.4 Å². The molecule has 1 aromatic carbocycles. The van der Waals surface area contributed by atoms with Gasteiger partial charge in [0.1, 0.15) is 5.82 Å². The van der Waals surface area contributed by atoms with Gasteiger partial charge >= 0.3 is 0 Å². The molecule has 1 fully saturated rings. The number of nitrogens with one attached hydrogen (secondary N) is 2. The van der Waals surface area contributed by atoms with Crippen LogP contribution in [0, 0.1) is 0 Å². The first-order valence-corrected chi connectivity index (χ1v) is 10.3. The predicted octanol–water partition coefficient (Wildman–Crippen LogP) is 2.99. The molecule has 9 nitrogen and oxygen atoms in total. The number of imidazole rings is 1. The van der Waals surface area contributed by atoms with Crippen molar-refractivity contribution in [3.63, 3.8) is 0 Å². The number of aromatic nitrogens is 6. The largest absolute Gasteiger partial charge is 0.372 e. The molecule has 4 aromatic rings. The third-order valence-electron chi connectivity index (χ3n) is 4.87. The topological polar surface area (TPSA) is 96.3 Å². The molecule has 0 saturated carbocycles. The number of fused-ring (bicyclic) bond motifs is 2. The third kappa shape index (κ3) is 3.53. The number of hydrogen-bond acceptors (Lipinski definition) is 7. The van der Waals surface area contributed by atoms with E-state index in [0.29, 0.717) is 30.7 Å². The number of nitrogens with zero attached hydrogens (tertiary/aromatic N) is 6. The Kier molecular flexibility index (Phi) is 4.39. The first-order chi connectivity index (χ1) is 14.0. The highest BCUT2D eigenvalue weighted by molar-refractivity contribution is 9.10. The molecule has 1 aliphatic heterocycles. The van der Waals surface area contributed by atoms with Crippen molar-refractivity contribution < 1.29 is 4.74 Å². The van der Waals surface area contributed by atoms with E-state index in [1.54, 1.807) is 10.7 Å². The fourth-order valence-electron chi connectivity index (χ4n) is 3.53. The number of ether oxygens (including phenoxy) is 1. The SMILES string of the molecule is CC1(C)CN(c2nc(NCc3nc4ccccc4[nH]3)n3ncc(Br)c3n2)CCO1. The first kappa shape index (κ1) is 18.3. The van der Waals surface area contributed by atoms with E-state index in [2.05, 4.69) is 55.1 Å². The molecule has 0 unspecified atom stereocenters. The molecule has 0 amide bonds. The second-order valence-electron chi connectivity index (χ2n) is 7.66. The number of hydrogen-bond donors (Lipinski definition) is 2. The summed E-state index contributed by atoms with van der Waals surface area (Å²) in [5, 5.41) is 7.75. The van der Waals surface area contributed by atoms with Crippen molar-refractivity contribution >= 4 is 44.5 Å². The van der Waals surface area contributed by atoms with Crippen LogP contribution in [-0.2, 0) is 11.3 Å². The van der Waals surface area contributed by atoms with Gasteiger partial charge in [-0.2, -0.15) is 19.6 Å². The van der Waals surface area contributed by atoms with E-state index in [4.69, 9.17) is 14.7 Å². The zero-order valence-corrected chi connectivity index (χ0v) is 17.8. The van der Waals surface area contributed by atoms with Gasteiger partial charge in [0.15, 0.2) is 5.65 Å². The van der Waals surface area contributed by atoms with Crippen LogP contribution < -0.4 is 10.2 Å². The number of aromatic amines is 1. The zero-order valence-electron chi connectivity index (χ0n) is 16.2. The van der Waals surface area contributed by atoms with Gasteiger partial charge in [-0.25, -0.2) is 4.98 Å². The maximum absolute atomic E-state index is 5.83. The summed E-state index contributed by atoms with van der Waals surface area (Å²) in [4.78, 5) is 19.6. The van der Waals surface area contributed by atoms with Gasteiger partial charge in [0.25, 0.3) is 0 Å². The van der Waals surface area contributed by atoms with E-state index in [1.807, 2.05) is 24.3 Å². The number of benzene rings is 1. The molecule has 2 N–H and O–H groups in total. The minimum Gasteiger partial charge on any atom is -0.372 e. The molecular weight excluding hydrogens is 436 g/mol. The smallest absolute Gasteiger partial charge is 0.230 e. The van der Waals surface area contributed by atoms with Crippen LogP contribution in [0.2, 0.25) is 0 Å². The van der Waals surface area contributed by atoms with Crippen LogP contribution in [0.25, 0.3) is 16.7 Å². The van der Waals surface area contributed by atoms with Crippen molar-refractivity contribution in [3.8, 4) is 0 Å². The van der Waals surface area contributed by atoms with Gasteiger partial charge < -0.3 is 19.9 Å². The molecule has 1 aliphatic rings.